The van der Waals surface area contributed by atoms with Crippen LogP contribution in [0.2, 0.25) is 0 Å². The van der Waals surface area contributed by atoms with Gasteiger partial charge in [0.05, 0.1) is 12.2 Å². The van der Waals surface area contributed by atoms with Gasteiger partial charge in [-0.25, -0.2) is 9.71 Å². The molecule has 1 saturated heterocycles. The Bertz CT molecular complexity index is 1430. The number of sulfonamides is 1. The number of pyridine rings is 2. The number of carbonyl (C=O) groups is 1. The molecule has 194 valence electrons. The molecule has 2 atom stereocenters. The Balaban J connectivity index is 1.36. The van der Waals surface area contributed by atoms with Gasteiger partial charge in [0, 0.05) is 36.3 Å². The fourth-order valence-corrected chi connectivity index (χ4v) is 6.09. The lowest BCUT2D eigenvalue weighted by Gasteiger charge is -2.33. The maximum absolute atomic E-state index is 13.2. The van der Waals surface area contributed by atoms with Crippen LogP contribution < -0.4 is 19.1 Å². The molecule has 0 radical (unpaired) electrons. The quantitative estimate of drug-likeness (QED) is 0.515. The molecule has 2 aliphatic rings. The van der Waals surface area contributed by atoms with Gasteiger partial charge in [-0.2, -0.15) is 13.4 Å². The van der Waals surface area contributed by atoms with E-state index in [9.17, 15) is 13.2 Å². The number of benzene rings is 1. The molecule has 4 heterocycles. The van der Waals surface area contributed by atoms with Crippen molar-refractivity contribution in [2.75, 3.05) is 18.1 Å². The number of para-hydroxylation sites is 1. The first-order valence-corrected chi connectivity index (χ1v) is 13.8. The molecule has 1 N–H and O–H groups in total. The van der Waals surface area contributed by atoms with Crippen molar-refractivity contribution in [1.82, 2.24) is 14.7 Å². The van der Waals surface area contributed by atoms with Gasteiger partial charge in [-0.15, -0.1) is 0 Å². The molecule has 3 aromatic rings. The number of nitrogens with zero attached hydrogens (tertiary/aromatic N) is 3. The van der Waals surface area contributed by atoms with Crippen LogP contribution in [0.1, 0.15) is 55.6 Å². The van der Waals surface area contributed by atoms with Gasteiger partial charge >= 0.3 is 0 Å². The van der Waals surface area contributed by atoms with Gasteiger partial charge in [0.25, 0.3) is 15.9 Å². The van der Waals surface area contributed by atoms with Crippen LogP contribution in [0, 0.1) is 5.92 Å². The van der Waals surface area contributed by atoms with E-state index in [1.54, 1.807) is 24.4 Å². The average molecular weight is 523 g/mol. The summed E-state index contributed by atoms with van der Waals surface area (Å²) < 4.78 is 40.2. The standard InChI is InChI=1S/C27H30N4O5S/c1-18-16-27(2,3)31(17-18)25-20(9-7-14-28-25)26(32)30-37(33,34)24-12-6-11-23(29-24)36-22-13-15-35-21-10-5-4-8-19(21)22/h4-12,14,18,22H,13,15-17H2,1-3H3,(H,30,32). The Labute approximate surface area is 216 Å². The summed E-state index contributed by atoms with van der Waals surface area (Å²) in [4.78, 5) is 23.9. The SMILES string of the molecule is CC1CN(c2ncccc2C(=O)NS(=O)(=O)c2cccc(OC3CCOc4ccccc43)n2)C(C)(C)C1. The Hall–Kier alpha value is -3.66. The van der Waals surface area contributed by atoms with Crippen molar-refractivity contribution < 1.29 is 22.7 Å². The van der Waals surface area contributed by atoms with Crippen molar-refractivity contribution >= 4 is 21.7 Å². The summed E-state index contributed by atoms with van der Waals surface area (Å²) in [6.45, 7) is 7.55. The largest absolute Gasteiger partial charge is 0.493 e. The zero-order chi connectivity index (χ0) is 26.2. The summed E-state index contributed by atoms with van der Waals surface area (Å²) in [6, 6.07) is 15.2. The van der Waals surface area contributed by atoms with Crippen molar-refractivity contribution in [3.05, 3.63) is 71.9 Å². The summed E-state index contributed by atoms with van der Waals surface area (Å²) in [5, 5.41) is -0.306. The zero-order valence-electron chi connectivity index (χ0n) is 21.0. The molecule has 37 heavy (non-hydrogen) atoms. The van der Waals surface area contributed by atoms with E-state index < -0.39 is 15.9 Å². The van der Waals surface area contributed by atoms with Gasteiger partial charge in [0.15, 0.2) is 5.03 Å². The number of carbonyl (C=O) groups excluding carboxylic acids is 1. The minimum atomic E-state index is -4.27. The van der Waals surface area contributed by atoms with E-state index in [-0.39, 0.29) is 28.1 Å². The highest BCUT2D eigenvalue weighted by Crippen LogP contribution is 2.37. The van der Waals surface area contributed by atoms with Crippen LogP contribution in [0.4, 0.5) is 5.82 Å². The molecule has 1 fully saturated rings. The predicted molar refractivity (Wildman–Crippen MR) is 138 cm³/mol. The van der Waals surface area contributed by atoms with E-state index in [0.717, 1.165) is 24.3 Å². The second-order valence-electron chi connectivity index (χ2n) is 10.1. The summed E-state index contributed by atoms with van der Waals surface area (Å²) >= 11 is 0. The number of hydrogen-bond donors (Lipinski definition) is 1. The lowest BCUT2D eigenvalue weighted by molar-refractivity contribution is 0.0981. The molecule has 0 saturated carbocycles. The van der Waals surface area contributed by atoms with Crippen molar-refractivity contribution in [3.63, 3.8) is 0 Å². The third-order valence-electron chi connectivity index (χ3n) is 6.73. The molecular formula is C27H30N4O5S. The third kappa shape index (κ3) is 5.11. The van der Waals surface area contributed by atoms with E-state index in [2.05, 4.69) is 40.4 Å². The van der Waals surface area contributed by atoms with Crippen LogP contribution in [-0.2, 0) is 10.0 Å². The summed E-state index contributed by atoms with van der Waals surface area (Å²) in [6.07, 6.45) is 2.82. The number of hydrogen-bond acceptors (Lipinski definition) is 8. The van der Waals surface area contributed by atoms with E-state index in [1.165, 1.54) is 12.1 Å². The van der Waals surface area contributed by atoms with Gasteiger partial charge in [0.1, 0.15) is 17.7 Å². The number of nitrogens with one attached hydrogen (secondary N) is 1. The molecule has 2 unspecified atom stereocenters. The lowest BCUT2D eigenvalue weighted by Crippen LogP contribution is -2.41. The highest BCUT2D eigenvalue weighted by Gasteiger charge is 2.39. The van der Waals surface area contributed by atoms with E-state index in [0.29, 0.717) is 24.8 Å². The van der Waals surface area contributed by atoms with Gasteiger partial charge in [-0.05, 0) is 50.5 Å². The minimum Gasteiger partial charge on any atom is -0.493 e. The summed E-state index contributed by atoms with van der Waals surface area (Å²) in [5.74, 6) is 1.01. The molecule has 2 aliphatic heterocycles. The van der Waals surface area contributed by atoms with Crippen LogP contribution in [0.5, 0.6) is 11.6 Å². The second kappa shape index (κ2) is 9.66. The molecule has 5 rings (SSSR count). The van der Waals surface area contributed by atoms with Gasteiger partial charge in [0.2, 0.25) is 5.88 Å². The predicted octanol–water partition coefficient (Wildman–Crippen LogP) is 4.12. The maximum atomic E-state index is 13.2. The fourth-order valence-electron chi connectivity index (χ4n) is 5.17. The zero-order valence-corrected chi connectivity index (χ0v) is 21.9. The monoisotopic (exact) mass is 522 g/mol. The van der Waals surface area contributed by atoms with Crippen molar-refractivity contribution in [2.45, 2.75) is 50.3 Å². The number of aromatic nitrogens is 2. The summed E-state index contributed by atoms with van der Waals surface area (Å²) in [5.41, 5.74) is 0.859. The number of ether oxygens (including phenoxy) is 2. The van der Waals surface area contributed by atoms with E-state index in [4.69, 9.17) is 9.47 Å². The Morgan fingerprint density at radius 2 is 1.95 bits per heavy atom. The summed E-state index contributed by atoms with van der Waals surface area (Å²) in [7, 11) is -4.27. The highest BCUT2D eigenvalue weighted by atomic mass is 32.2. The minimum absolute atomic E-state index is 0.145. The highest BCUT2D eigenvalue weighted by molar-refractivity contribution is 7.90. The smallest absolute Gasteiger partial charge is 0.281 e. The molecule has 1 aromatic carbocycles. The van der Waals surface area contributed by atoms with Crippen molar-refractivity contribution in [2.24, 2.45) is 5.92 Å². The maximum Gasteiger partial charge on any atom is 0.281 e. The number of anilines is 1. The van der Waals surface area contributed by atoms with Crippen molar-refractivity contribution in [1.29, 1.82) is 0 Å². The third-order valence-corrected chi connectivity index (χ3v) is 7.96. The topological polar surface area (TPSA) is 111 Å². The van der Waals surface area contributed by atoms with Gasteiger partial charge in [-0.1, -0.05) is 31.2 Å². The Morgan fingerprint density at radius 3 is 2.73 bits per heavy atom. The molecule has 0 bridgehead atoms. The lowest BCUT2D eigenvalue weighted by atomic mass is 9.97. The fraction of sp³-hybridized carbons (Fsp3) is 0.370. The molecule has 1 amide bonds. The van der Waals surface area contributed by atoms with Gasteiger partial charge in [-0.3, -0.25) is 4.79 Å². The van der Waals surface area contributed by atoms with Crippen molar-refractivity contribution in [3.8, 4) is 11.6 Å². The van der Waals surface area contributed by atoms with Crippen LogP contribution in [0.15, 0.2) is 65.8 Å². The molecule has 2 aromatic heterocycles. The number of amides is 1. The first kappa shape index (κ1) is 25.0. The first-order chi connectivity index (χ1) is 17.6. The normalized spacial score (nSPS) is 20.6. The molecule has 0 aliphatic carbocycles. The first-order valence-electron chi connectivity index (χ1n) is 12.3. The molecular weight excluding hydrogens is 492 g/mol. The molecule has 9 nitrogen and oxygen atoms in total. The van der Waals surface area contributed by atoms with Crippen LogP contribution in [0.25, 0.3) is 0 Å². The van der Waals surface area contributed by atoms with Crippen LogP contribution >= 0.6 is 0 Å². The number of rotatable bonds is 6. The molecule has 10 heteroatoms. The van der Waals surface area contributed by atoms with E-state index >= 15 is 0 Å². The van der Waals surface area contributed by atoms with Crippen LogP contribution in [0.3, 0.4) is 0 Å². The number of fused-ring (bicyclic) bond motifs is 1. The Kier molecular flexibility index (Phi) is 6.53. The second-order valence-corrected chi connectivity index (χ2v) is 11.8. The van der Waals surface area contributed by atoms with E-state index in [1.807, 2.05) is 24.3 Å². The van der Waals surface area contributed by atoms with Crippen LogP contribution in [-0.4, -0.2) is 43.0 Å². The average Bonchev–Trinajstić information content (AvgIpc) is 3.15. The Morgan fingerprint density at radius 1 is 1.14 bits per heavy atom. The van der Waals surface area contributed by atoms with Gasteiger partial charge < -0.3 is 14.4 Å². The molecule has 0 spiro atoms.